The van der Waals surface area contributed by atoms with E-state index in [1.807, 2.05) is 6.08 Å². The van der Waals surface area contributed by atoms with Gasteiger partial charge in [-0.15, -0.1) is 6.58 Å². The summed E-state index contributed by atoms with van der Waals surface area (Å²) in [4.78, 5) is 2.45. The maximum absolute atomic E-state index is 5.97. The lowest BCUT2D eigenvalue weighted by molar-refractivity contribution is 0.111. The van der Waals surface area contributed by atoms with Crippen molar-refractivity contribution in [1.29, 1.82) is 0 Å². The highest BCUT2D eigenvalue weighted by Gasteiger charge is 2.28. The zero-order chi connectivity index (χ0) is 9.14. The number of hydrogen-bond donors (Lipinski definition) is 1. The predicted octanol–water partition coefficient (Wildman–Crippen LogP) is 1.23. The van der Waals surface area contributed by atoms with Crippen molar-refractivity contribution in [1.82, 2.24) is 4.90 Å². The smallest absolute Gasteiger partial charge is 0.0163 e. The number of rotatable bonds is 2. The molecule has 1 fully saturated rings. The van der Waals surface area contributed by atoms with Gasteiger partial charge in [-0.1, -0.05) is 13.0 Å². The Morgan fingerprint density at radius 3 is 2.83 bits per heavy atom. The van der Waals surface area contributed by atoms with Crippen molar-refractivity contribution in [2.24, 2.45) is 11.7 Å². The van der Waals surface area contributed by atoms with Crippen LogP contribution in [0, 0.1) is 5.92 Å². The summed E-state index contributed by atoms with van der Waals surface area (Å²) in [5.74, 6) is 0.610. The maximum atomic E-state index is 5.97. The van der Waals surface area contributed by atoms with Crippen LogP contribution in [0.2, 0.25) is 0 Å². The summed E-state index contributed by atoms with van der Waals surface area (Å²) in [5.41, 5.74) is 5.97. The SMILES string of the molecule is C=CCN1CCC(N)C(C)C1C. The van der Waals surface area contributed by atoms with E-state index in [1.54, 1.807) is 0 Å². The first-order chi connectivity index (χ1) is 5.66. The zero-order valence-corrected chi connectivity index (χ0v) is 8.16. The number of nitrogens with zero attached hydrogens (tertiary/aromatic N) is 1. The molecule has 0 aromatic carbocycles. The lowest BCUT2D eigenvalue weighted by Crippen LogP contribution is -2.51. The summed E-state index contributed by atoms with van der Waals surface area (Å²) in [5, 5.41) is 0. The third-order valence-corrected chi connectivity index (χ3v) is 3.13. The van der Waals surface area contributed by atoms with Crippen LogP contribution in [0.15, 0.2) is 12.7 Å². The fourth-order valence-corrected chi connectivity index (χ4v) is 1.90. The Morgan fingerprint density at radius 2 is 2.25 bits per heavy atom. The third-order valence-electron chi connectivity index (χ3n) is 3.13. The standard InChI is InChI=1S/C10H20N2/c1-4-6-12-7-5-10(11)8(2)9(12)3/h4,8-10H,1,5-7,11H2,2-3H3. The van der Waals surface area contributed by atoms with Crippen LogP contribution >= 0.6 is 0 Å². The van der Waals surface area contributed by atoms with Gasteiger partial charge in [0, 0.05) is 25.2 Å². The minimum atomic E-state index is 0.390. The quantitative estimate of drug-likeness (QED) is 0.628. The maximum Gasteiger partial charge on any atom is 0.0163 e. The van der Waals surface area contributed by atoms with Crippen LogP contribution in [-0.2, 0) is 0 Å². The van der Waals surface area contributed by atoms with Crippen molar-refractivity contribution in [3.05, 3.63) is 12.7 Å². The molecule has 1 saturated heterocycles. The molecule has 0 aromatic rings. The minimum Gasteiger partial charge on any atom is -0.327 e. The number of piperidine rings is 1. The first-order valence-corrected chi connectivity index (χ1v) is 4.77. The van der Waals surface area contributed by atoms with Crippen LogP contribution in [0.3, 0.4) is 0 Å². The van der Waals surface area contributed by atoms with Crippen molar-refractivity contribution in [3.63, 3.8) is 0 Å². The van der Waals surface area contributed by atoms with Crippen molar-refractivity contribution in [2.45, 2.75) is 32.4 Å². The molecule has 0 spiro atoms. The average Bonchev–Trinajstić information content (AvgIpc) is 2.07. The molecule has 12 heavy (non-hydrogen) atoms. The Labute approximate surface area is 75.4 Å². The van der Waals surface area contributed by atoms with E-state index < -0.39 is 0 Å². The topological polar surface area (TPSA) is 29.3 Å². The number of nitrogens with two attached hydrogens (primary N) is 1. The highest BCUT2D eigenvalue weighted by molar-refractivity contribution is 4.89. The van der Waals surface area contributed by atoms with Gasteiger partial charge in [0.1, 0.15) is 0 Å². The second-order valence-electron chi connectivity index (χ2n) is 3.84. The summed E-state index contributed by atoms with van der Waals surface area (Å²) in [6.45, 7) is 10.4. The van der Waals surface area contributed by atoms with E-state index in [0.717, 1.165) is 19.5 Å². The van der Waals surface area contributed by atoms with Gasteiger partial charge in [0.15, 0.2) is 0 Å². The van der Waals surface area contributed by atoms with Crippen LogP contribution in [0.4, 0.5) is 0 Å². The van der Waals surface area contributed by atoms with E-state index in [4.69, 9.17) is 5.73 Å². The molecule has 2 nitrogen and oxygen atoms in total. The highest BCUT2D eigenvalue weighted by Crippen LogP contribution is 2.21. The molecule has 2 heteroatoms. The molecule has 0 aliphatic carbocycles. The van der Waals surface area contributed by atoms with E-state index in [1.165, 1.54) is 0 Å². The van der Waals surface area contributed by atoms with Crippen molar-refractivity contribution in [2.75, 3.05) is 13.1 Å². The van der Waals surface area contributed by atoms with Crippen LogP contribution < -0.4 is 5.73 Å². The van der Waals surface area contributed by atoms with Crippen molar-refractivity contribution in [3.8, 4) is 0 Å². The molecule has 0 saturated carbocycles. The van der Waals surface area contributed by atoms with Crippen LogP contribution in [0.5, 0.6) is 0 Å². The van der Waals surface area contributed by atoms with Gasteiger partial charge in [-0.25, -0.2) is 0 Å². The molecule has 0 amide bonds. The van der Waals surface area contributed by atoms with Gasteiger partial charge in [-0.2, -0.15) is 0 Å². The van der Waals surface area contributed by atoms with Crippen molar-refractivity contribution < 1.29 is 0 Å². The lowest BCUT2D eigenvalue weighted by atomic mass is 9.88. The second-order valence-corrected chi connectivity index (χ2v) is 3.84. The highest BCUT2D eigenvalue weighted by atomic mass is 15.2. The van der Waals surface area contributed by atoms with Crippen LogP contribution in [0.25, 0.3) is 0 Å². The van der Waals surface area contributed by atoms with E-state index in [-0.39, 0.29) is 0 Å². The molecule has 1 rings (SSSR count). The Balaban J connectivity index is 2.52. The molecular formula is C10H20N2. The van der Waals surface area contributed by atoms with Crippen LogP contribution in [-0.4, -0.2) is 30.1 Å². The van der Waals surface area contributed by atoms with Gasteiger partial charge >= 0.3 is 0 Å². The molecule has 1 aliphatic heterocycles. The second kappa shape index (κ2) is 4.06. The summed E-state index contributed by atoms with van der Waals surface area (Å²) < 4.78 is 0. The molecular weight excluding hydrogens is 148 g/mol. The van der Waals surface area contributed by atoms with Crippen molar-refractivity contribution >= 4 is 0 Å². The van der Waals surface area contributed by atoms with Gasteiger partial charge in [0.05, 0.1) is 0 Å². The monoisotopic (exact) mass is 168 g/mol. The molecule has 0 bridgehead atoms. The lowest BCUT2D eigenvalue weighted by Gasteiger charge is -2.40. The molecule has 1 heterocycles. The normalized spacial score (nSPS) is 38.1. The van der Waals surface area contributed by atoms with Gasteiger partial charge < -0.3 is 5.73 Å². The number of likely N-dealkylation sites (tertiary alicyclic amines) is 1. The molecule has 1 aliphatic rings. The van der Waals surface area contributed by atoms with E-state index >= 15 is 0 Å². The Morgan fingerprint density at radius 1 is 1.58 bits per heavy atom. The Hall–Kier alpha value is -0.340. The molecule has 0 aromatic heterocycles. The molecule has 70 valence electrons. The fraction of sp³-hybridized carbons (Fsp3) is 0.800. The van der Waals surface area contributed by atoms with Gasteiger partial charge in [-0.05, 0) is 19.3 Å². The summed E-state index contributed by atoms with van der Waals surface area (Å²) in [6.07, 6.45) is 3.10. The summed E-state index contributed by atoms with van der Waals surface area (Å²) in [6, 6.07) is 0.993. The molecule has 3 unspecified atom stereocenters. The van der Waals surface area contributed by atoms with E-state index in [2.05, 4.69) is 25.3 Å². The third kappa shape index (κ3) is 1.87. The van der Waals surface area contributed by atoms with Gasteiger partial charge in [-0.3, -0.25) is 4.90 Å². The summed E-state index contributed by atoms with van der Waals surface area (Å²) in [7, 11) is 0. The van der Waals surface area contributed by atoms with Gasteiger partial charge in [0.2, 0.25) is 0 Å². The van der Waals surface area contributed by atoms with Crippen LogP contribution in [0.1, 0.15) is 20.3 Å². The van der Waals surface area contributed by atoms with Gasteiger partial charge in [0.25, 0.3) is 0 Å². The molecule has 0 radical (unpaired) electrons. The zero-order valence-electron chi connectivity index (χ0n) is 8.16. The Kier molecular flexibility index (Phi) is 3.29. The molecule has 3 atom stereocenters. The first kappa shape index (κ1) is 9.75. The summed E-state index contributed by atoms with van der Waals surface area (Å²) >= 11 is 0. The largest absolute Gasteiger partial charge is 0.327 e. The van der Waals surface area contributed by atoms with E-state index in [0.29, 0.717) is 18.0 Å². The predicted molar refractivity (Wildman–Crippen MR) is 53.0 cm³/mol. The fourth-order valence-electron chi connectivity index (χ4n) is 1.90. The minimum absolute atomic E-state index is 0.390. The molecule has 2 N–H and O–H groups in total. The Bertz CT molecular complexity index is 156. The first-order valence-electron chi connectivity index (χ1n) is 4.77. The van der Waals surface area contributed by atoms with E-state index in [9.17, 15) is 0 Å². The number of hydrogen-bond acceptors (Lipinski definition) is 2. The average molecular weight is 168 g/mol.